The molecule has 1 aromatic heterocycles. The van der Waals surface area contributed by atoms with Crippen molar-refractivity contribution in [2.45, 2.75) is 31.8 Å². The van der Waals surface area contributed by atoms with E-state index in [0.29, 0.717) is 41.1 Å². The second-order valence-corrected chi connectivity index (χ2v) is 7.57. The Morgan fingerprint density at radius 2 is 1.96 bits per heavy atom. The fourth-order valence-electron chi connectivity index (χ4n) is 3.16. The first-order chi connectivity index (χ1) is 13.5. The zero-order valence-corrected chi connectivity index (χ0v) is 16.7. The summed E-state index contributed by atoms with van der Waals surface area (Å²) < 4.78 is 19.7. The molecule has 1 fully saturated rings. The lowest BCUT2D eigenvalue weighted by Crippen LogP contribution is -2.38. The first-order valence-electron chi connectivity index (χ1n) is 8.87. The van der Waals surface area contributed by atoms with Crippen LogP contribution in [-0.2, 0) is 22.4 Å². The zero-order valence-electron chi connectivity index (χ0n) is 15.2. The van der Waals surface area contributed by atoms with Crippen LogP contribution in [0.5, 0.6) is 11.5 Å². The molecule has 0 radical (unpaired) electrons. The highest BCUT2D eigenvalue weighted by Crippen LogP contribution is 2.34. The van der Waals surface area contributed by atoms with E-state index in [0.717, 1.165) is 5.56 Å². The van der Waals surface area contributed by atoms with Gasteiger partial charge >= 0.3 is 0 Å². The average molecular weight is 420 g/mol. The fraction of sp³-hybridized carbons (Fsp3) is 0.300. The molecular formula is C20H19Cl2N3O3. The molecule has 2 unspecified atom stereocenters. The van der Waals surface area contributed by atoms with E-state index >= 15 is 0 Å². The molecule has 1 saturated heterocycles. The third kappa shape index (κ3) is 4.47. The maximum absolute atomic E-state index is 6.53. The van der Waals surface area contributed by atoms with Gasteiger partial charge in [-0.1, -0.05) is 29.3 Å². The van der Waals surface area contributed by atoms with Gasteiger partial charge in [0.05, 0.1) is 19.3 Å². The molecule has 1 aliphatic heterocycles. The summed E-state index contributed by atoms with van der Waals surface area (Å²) in [5, 5.41) is 5.40. The molecule has 0 spiro atoms. The van der Waals surface area contributed by atoms with Crippen LogP contribution in [0.2, 0.25) is 10.0 Å². The SMILES string of the molecule is CC1COC(Cc2ccc(Oc3ccc(Cl)cc3)cc2Cl)(Cn2cncn2)O1. The van der Waals surface area contributed by atoms with Crippen molar-refractivity contribution in [1.82, 2.24) is 14.8 Å². The van der Waals surface area contributed by atoms with Gasteiger partial charge in [-0.3, -0.25) is 0 Å². The third-order valence-corrected chi connectivity index (χ3v) is 5.00. The van der Waals surface area contributed by atoms with Gasteiger partial charge in [0.25, 0.3) is 0 Å². The molecule has 2 aromatic carbocycles. The Hall–Kier alpha value is -2.12. The lowest BCUT2D eigenvalue weighted by molar-refractivity contribution is -0.176. The fourth-order valence-corrected chi connectivity index (χ4v) is 3.52. The molecule has 0 amide bonds. The molecule has 0 aliphatic carbocycles. The number of ether oxygens (including phenoxy) is 3. The second-order valence-electron chi connectivity index (χ2n) is 6.73. The van der Waals surface area contributed by atoms with Gasteiger partial charge < -0.3 is 14.2 Å². The summed E-state index contributed by atoms with van der Waals surface area (Å²) in [6.07, 6.45) is 3.61. The number of hydrogen-bond donors (Lipinski definition) is 0. The van der Waals surface area contributed by atoms with E-state index in [1.807, 2.05) is 19.1 Å². The first kappa shape index (κ1) is 19.2. The molecule has 8 heteroatoms. The zero-order chi connectivity index (χ0) is 19.6. The largest absolute Gasteiger partial charge is 0.457 e. The number of aromatic nitrogens is 3. The van der Waals surface area contributed by atoms with Gasteiger partial charge in [-0.05, 0) is 48.9 Å². The van der Waals surface area contributed by atoms with Gasteiger partial charge in [0.1, 0.15) is 24.2 Å². The molecule has 146 valence electrons. The minimum Gasteiger partial charge on any atom is -0.457 e. The van der Waals surface area contributed by atoms with Gasteiger partial charge in [0.2, 0.25) is 0 Å². The number of halogens is 2. The molecule has 28 heavy (non-hydrogen) atoms. The lowest BCUT2D eigenvalue weighted by Gasteiger charge is -2.28. The Morgan fingerprint density at radius 1 is 1.18 bits per heavy atom. The molecule has 3 aromatic rings. The number of hydrogen-bond acceptors (Lipinski definition) is 5. The van der Waals surface area contributed by atoms with Crippen LogP contribution in [0.3, 0.4) is 0 Å². The Balaban J connectivity index is 1.52. The summed E-state index contributed by atoms with van der Waals surface area (Å²) in [4.78, 5) is 3.99. The molecule has 0 saturated carbocycles. The van der Waals surface area contributed by atoms with E-state index in [1.54, 1.807) is 41.3 Å². The third-order valence-electron chi connectivity index (χ3n) is 4.40. The number of rotatable bonds is 6. The highest BCUT2D eigenvalue weighted by atomic mass is 35.5. The normalized spacial score (nSPS) is 21.8. The van der Waals surface area contributed by atoms with Gasteiger partial charge in [-0.2, -0.15) is 5.10 Å². The summed E-state index contributed by atoms with van der Waals surface area (Å²) >= 11 is 12.4. The molecule has 1 aliphatic rings. The summed E-state index contributed by atoms with van der Waals surface area (Å²) in [7, 11) is 0. The molecular weight excluding hydrogens is 401 g/mol. The lowest BCUT2D eigenvalue weighted by atomic mass is 10.0. The predicted octanol–water partition coefficient (Wildman–Crippen LogP) is 4.75. The topological polar surface area (TPSA) is 58.4 Å². The summed E-state index contributed by atoms with van der Waals surface area (Å²) in [5.74, 6) is 0.491. The molecule has 0 N–H and O–H groups in total. The van der Waals surface area contributed by atoms with E-state index in [4.69, 9.17) is 37.4 Å². The Bertz CT molecular complexity index is 934. The van der Waals surface area contributed by atoms with Crippen molar-refractivity contribution in [3.05, 3.63) is 70.7 Å². The van der Waals surface area contributed by atoms with Gasteiger partial charge in [0.15, 0.2) is 5.79 Å². The van der Waals surface area contributed by atoms with E-state index in [-0.39, 0.29) is 6.10 Å². The molecule has 6 nitrogen and oxygen atoms in total. The summed E-state index contributed by atoms with van der Waals surface area (Å²) in [5.41, 5.74) is 0.902. The van der Waals surface area contributed by atoms with Crippen LogP contribution in [0, 0.1) is 0 Å². The average Bonchev–Trinajstić information content (AvgIpc) is 3.30. The van der Waals surface area contributed by atoms with Crippen LogP contribution in [0.25, 0.3) is 0 Å². The molecule has 2 atom stereocenters. The predicted molar refractivity (Wildman–Crippen MR) is 106 cm³/mol. The van der Waals surface area contributed by atoms with Crippen molar-refractivity contribution in [3.8, 4) is 11.5 Å². The van der Waals surface area contributed by atoms with Crippen molar-refractivity contribution in [2.24, 2.45) is 0 Å². The van der Waals surface area contributed by atoms with Crippen LogP contribution in [0.15, 0.2) is 55.1 Å². The van der Waals surface area contributed by atoms with E-state index < -0.39 is 5.79 Å². The quantitative estimate of drug-likeness (QED) is 0.576. The maximum atomic E-state index is 6.53. The molecule has 0 bridgehead atoms. The van der Waals surface area contributed by atoms with E-state index in [1.165, 1.54) is 6.33 Å². The smallest absolute Gasteiger partial charge is 0.192 e. The summed E-state index contributed by atoms with van der Waals surface area (Å²) in [6.45, 7) is 2.93. The van der Waals surface area contributed by atoms with Crippen molar-refractivity contribution < 1.29 is 14.2 Å². The van der Waals surface area contributed by atoms with Crippen molar-refractivity contribution >= 4 is 23.2 Å². The second kappa shape index (κ2) is 8.09. The van der Waals surface area contributed by atoms with Crippen LogP contribution < -0.4 is 4.74 Å². The van der Waals surface area contributed by atoms with Crippen LogP contribution in [0.4, 0.5) is 0 Å². The van der Waals surface area contributed by atoms with Crippen LogP contribution in [0.1, 0.15) is 12.5 Å². The molecule has 2 heterocycles. The van der Waals surface area contributed by atoms with E-state index in [9.17, 15) is 0 Å². The van der Waals surface area contributed by atoms with Crippen LogP contribution >= 0.6 is 23.2 Å². The Morgan fingerprint density at radius 3 is 2.61 bits per heavy atom. The van der Waals surface area contributed by atoms with E-state index in [2.05, 4.69) is 10.1 Å². The van der Waals surface area contributed by atoms with Crippen molar-refractivity contribution in [1.29, 1.82) is 0 Å². The number of benzene rings is 2. The minimum atomic E-state index is -0.838. The van der Waals surface area contributed by atoms with Crippen molar-refractivity contribution in [3.63, 3.8) is 0 Å². The Labute approximate surface area is 173 Å². The van der Waals surface area contributed by atoms with Gasteiger partial charge in [0, 0.05) is 16.5 Å². The minimum absolute atomic E-state index is 0.00481. The van der Waals surface area contributed by atoms with Gasteiger partial charge in [-0.25, -0.2) is 9.67 Å². The first-order valence-corrected chi connectivity index (χ1v) is 9.63. The summed E-state index contributed by atoms with van der Waals surface area (Å²) in [6, 6.07) is 12.7. The monoisotopic (exact) mass is 419 g/mol. The van der Waals surface area contributed by atoms with Gasteiger partial charge in [-0.15, -0.1) is 0 Å². The van der Waals surface area contributed by atoms with Crippen molar-refractivity contribution in [2.75, 3.05) is 6.61 Å². The molecule has 4 rings (SSSR count). The van der Waals surface area contributed by atoms with Crippen LogP contribution in [-0.4, -0.2) is 33.3 Å². The Kier molecular flexibility index (Phi) is 5.55. The number of nitrogens with zero attached hydrogens (tertiary/aromatic N) is 3. The highest BCUT2D eigenvalue weighted by Gasteiger charge is 2.41. The highest BCUT2D eigenvalue weighted by molar-refractivity contribution is 6.31. The standard InChI is InChI=1S/C20H19Cl2N3O3/c1-14-10-26-20(28-14,11-25-13-23-12-24-25)9-15-2-5-18(8-19(15)22)27-17-6-3-16(21)4-7-17/h2-8,12-14H,9-11H2,1H3. The maximum Gasteiger partial charge on any atom is 0.192 e.